The first-order valence-electron chi connectivity index (χ1n) is 6.48. The van der Waals surface area contributed by atoms with E-state index in [1.54, 1.807) is 6.07 Å². The van der Waals surface area contributed by atoms with E-state index in [0.717, 1.165) is 25.7 Å². The molecule has 1 heterocycles. The number of carbonyl (C=O) groups is 1. The van der Waals surface area contributed by atoms with Crippen LogP contribution in [0.5, 0.6) is 0 Å². The molecule has 1 aromatic heterocycles. The fraction of sp³-hybridized carbons (Fsp3) is 0.333. The normalized spacial score (nSPS) is 17.5. The van der Waals surface area contributed by atoms with Crippen molar-refractivity contribution in [2.75, 3.05) is 0 Å². The third-order valence-corrected chi connectivity index (χ3v) is 3.98. The highest BCUT2D eigenvalue weighted by molar-refractivity contribution is 5.85. The summed E-state index contributed by atoms with van der Waals surface area (Å²) in [6.07, 6.45) is 4.20. The fourth-order valence-electron chi connectivity index (χ4n) is 3.01. The Balaban J connectivity index is 2.08. The van der Waals surface area contributed by atoms with E-state index in [4.69, 9.17) is 9.63 Å². The molecule has 0 spiro atoms. The van der Waals surface area contributed by atoms with Gasteiger partial charge in [0.1, 0.15) is 5.76 Å². The quantitative estimate of drug-likeness (QED) is 0.916. The van der Waals surface area contributed by atoms with Crippen molar-refractivity contribution in [3.63, 3.8) is 0 Å². The van der Waals surface area contributed by atoms with E-state index in [0.29, 0.717) is 5.76 Å². The molecule has 0 unspecified atom stereocenters. The Labute approximate surface area is 111 Å². The van der Waals surface area contributed by atoms with Gasteiger partial charge in [0.05, 0.1) is 5.41 Å². The number of hydrogen-bond acceptors (Lipinski definition) is 3. The maximum Gasteiger partial charge on any atom is 0.358 e. The molecule has 0 saturated heterocycles. The fourth-order valence-corrected chi connectivity index (χ4v) is 3.01. The maximum absolute atomic E-state index is 10.9. The van der Waals surface area contributed by atoms with Gasteiger partial charge in [-0.2, -0.15) is 0 Å². The molecule has 0 radical (unpaired) electrons. The summed E-state index contributed by atoms with van der Waals surface area (Å²) in [5.41, 5.74) is 0.958. The minimum absolute atomic E-state index is 0.0165. The number of hydrogen-bond donors (Lipinski definition) is 1. The van der Waals surface area contributed by atoms with E-state index in [2.05, 4.69) is 17.3 Å². The van der Waals surface area contributed by atoms with Crippen LogP contribution >= 0.6 is 0 Å². The smallest absolute Gasteiger partial charge is 0.358 e. The van der Waals surface area contributed by atoms with Gasteiger partial charge >= 0.3 is 5.97 Å². The Kier molecular flexibility index (Phi) is 2.85. The molecule has 1 aliphatic carbocycles. The van der Waals surface area contributed by atoms with Gasteiger partial charge in [0.15, 0.2) is 5.69 Å². The van der Waals surface area contributed by atoms with Crippen molar-refractivity contribution in [3.8, 4) is 0 Å². The molecular weight excluding hydrogens is 242 g/mol. The number of carboxylic acids is 1. The lowest BCUT2D eigenvalue weighted by Crippen LogP contribution is -2.22. The van der Waals surface area contributed by atoms with Gasteiger partial charge < -0.3 is 9.63 Å². The molecule has 2 aromatic rings. The third kappa shape index (κ3) is 1.93. The van der Waals surface area contributed by atoms with Gasteiger partial charge in [0.25, 0.3) is 0 Å². The molecule has 3 rings (SSSR count). The largest absolute Gasteiger partial charge is 0.476 e. The predicted molar refractivity (Wildman–Crippen MR) is 69.2 cm³/mol. The van der Waals surface area contributed by atoms with Crippen LogP contribution in [0.25, 0.3) is 0 Å². The first-order valence-corrected chi connectivity index (χ1v) is 6.48. The van der Waals surface area contributed by atoms with Gasteiger partial charge in [-0.05, 0) is 18.4 Å². The maximum atomic E-state index is 10.9. The highest BCUT2D eigenvalue weighted by Crippen LogP contribution is 2.46. The van der Waals surface area contributed by atoms with E-state index in [1.165, 1.54) is 5.56 Å². The van der Waals surface area contributed by atoms with Gasteiger partial charge in [-0.25, -0.2) is 4.79 Å². The number of aromatic carboxylic acids is 1. The molecule has 1 aliphatic rings. The molecule has 4 heteroatoms. The van der Waals surface area contributed by atoms with Crippen LogP contribution in [-0.4, -0.2) is 16.2 Å². The van der Waals surface area contributed by atoms with Crippen molar-refractivity contribution in [2.45, 2.75) is 31.1 Å². The Hall–Kier alpha value is -2.10. The van der Waals surface area contributed by atoms with E-state index in [9.17, 15) is 4.79 Å². The molecule has 0 amide bonds. The Morgan fingerprint density at radius 1 is 1.21 bits per heavy atom. The molecule has 0 aliphatic heterocycles. The summed E-state index contributed by atoms with van der Waals surface area (Å²) in [5, 5.41) is 12.6. The highest BCUT2D eigenvalue weighted by atomic mass is 16.5. The second-order valence-electron chi connectivity index (χ2n) is 5.04. The average molecular weight is 257 g/mol. The summed E-state index contributed by atoms with van der Waals surface area (Å²) >= 11 is 0. The summed E-state index contributed by atoms with van der Waals surface area (Å²) < 4.78 is 5.34. The van der Waals surface area contributed by atoms with Crippen LogP contribution in [-0.2, 0) is 5.41 Å². The van der Waals surface area contributed by atoms with E-state index >= 15 is 0 Å². The summed E-state index contributed by atoms with van der Waals surface area (Å²) in [6, 6.07) is 11.7. The first kappa shape index (κ1) is 12.0. The number of aromatic nitrogens is 1. The molecule has 1 saturated carbocycles. The molecule has 98 valence electrons. The van der Waals surface area contributed by atoms with Crippen LogP contribution in [0.4, 0.5) is 0 Å². The van der Waals surface area contributed by atoms with Crippen molar-refractivity contribution in [1.82, 2.24) is 5.16 Å². The van der Waals surface area contributed by atoms with Crippen molar-refractivity contribution in [2.24, 2.45) is 0 Å². The van der Waals surface area contributed by atoms with Crippen molar-refractivity contribution >= 4 is 5.97 Å². The van der Waals surface area contributed by atoms with Gasteiger partial charge in [-0.15, -0.1) is 0 Å². The van der Waals surface area contributed by atoms with Gasteiger partial charge in [0, 0.05) is 6.07 Å². The Morgan fingerprint density at radius 3 is 2.47 bits per heavy atom. The standard InChI is InChI=1S/C15H15NO3/c17-14(18)12-10-13(19-16-12)15(8-4-5-9-15)11-6-2-1-3-7-11/h1-3,6-7,10H,4-5,8-9H2,(H,17,18). The lowest BCUT2D eigenvalue weighted by molar-refractivity contribution is 0.0685. The van der Waals surface area contributed by atoms with Crippen LogP contribution in [0.3, 0.4) is 0 Å². The summed E-state index contributed by atoms with van der Waals surface area (Å²) in [5.74, 6) is -0.371. The summed E-state index contributed by atoms with van der Waals surface area (Å²) in [4.78, 5) is 10.9. The predicted octanol–water partition coefficient (Wildman–Crippen LogP) is 3.23. The third-order valence-electron chi connectivity index (χ3n) is 3.98. The van der Waals surface area contributed by atoms with Gasteiger partial charge in [0.2, 0.25) is 0 Å². The SMILES string of the molecule is O=C(O)c1cc(C2(c3ccccc3)CCCC2)on1. The van der Waals surface area contributed by atoms with Crippen LogP contribution in [0.2, 0.25) is 0 Å². The van der Waals surface area contributed by atoms with Crippen molar-refractivity contribution in [3.05, 3.63) is 53.4 Å². The molecular formula is C15H15NO3. The van der Waals surface area contributed by atoms with E-state index in [1.807, 2.05) is 18.2 Å². The average Bonchev–Trinajstić information content (AvgIpc) is 3.09. The minimum Gasteiger partial charge on any atom is -0.476 e. The molecule has 19 heavy (non-hydrogen) atoms. The zero-order valence-corrected chi connectivity index (χ0v) is 10.5. The monoisotopic (exact) mass is 257 g/mol. The Bertz CT molecular complexity index is 582. The second-order valence-corrected chi connectivity index (χ2v) is 5.04. The molecule has 1 fully saturated rings. The first-order chi connectivity index (χ1) is 9.22. The zero-order valence-electron chi connectivity index (χ0n) is 10.5. The number of rotatable bonds is 3. The topological polar surface area (TPSA) is 63.3 Å². The van der Waals surface area contributed by atoms with Crippen LogP contribution in [0, 0.1) is 0 Å². The van der Waals surface area contributed by atoms with Crippen LogP contribution < -0.4 is 0 Å². The minimum atomic E-state index is -1.05. The molecule has 1 aromatic carbocycles. The zero-order chi connectivity index (χ0) is 13.3. The Morgan fingerprint density at radius 2 is 1.89 bits per heavy atom. The lowest BCUT2D eigenvalue weighted by Gasteiger charge is -2.26. The van der Waals surface area contributed by atoms with Gasteiger partial charge in [-0.1, -0.05) is 48.3 Å². The summed E-state index contributed by atoms with van der Waals surface area (Å²) in [6.45, 7) is 0. The highest BCUT2D eigenvalue weighted by Gasteiger charge is 2.41. The van der Waals surface area contributed by atoms with Crippen LogP contribution in [0.1, 0.15) is 47.5 Å². The molecule has 1 N–H and O–H groups in total. The van der Waals surface area contributed by atoms with E-state index in [-0.39, 0.29) is 11.1 Å². The van der Waals surface area contributed by atoms with E-state index < -0.39 is 5.97 Å². The number of nitrogens with zero attached hydrogens (tertiary/aromatic N) is 1. The van der Waals surface area contributed by atoms with Crippen LogP contribution in [0.15, 0.2) is 40.9 Å². The molecule has 0 bridgehead atoms. The number of benzene rings is 1. The second kappa shape index (κ2) is 4.53. The molecule has 4 nitrogen and oxygen atoms in total. The summed E-state index contributed by atoms with van der Waals surface area (Å²) in [7, 11) is 0. The van der Waals surface area contributed by atoms with Gasteiger partial charge in [-0.3, -0.25) is 0 Å². The number of carboxylic acid groups (broad SMARTS) is 1. The molecule has 0 atom stereocenters. The van der Waals surface area contributed by atoms with Crippen molar-refractivity contribution in [1.29, 1.82) is 0 Å². The van der Waals surface area contributed by atoms with Crippen molar-refractivity contribution < 1.29 is 14.4 Å². The lowest BCUT2D eigenvalue weighted by atomic mass is 9.76.